The van der Waals surface area contributed by atoms with E-state index < -0.39 is 5.91 Å². The number of ether oxygens (including phenoxy) is 1. The largest absolute Gasteiger partial charge is 0.485 e. The highest BCUT2D eigenvalue weighted by Crippen LogP contribution is 2.21. The van der Waals surface area contributed by atoms with Gasteiger partial charge < -0.3 is 9.15 Å². The normalized spacial score (nSPS) is 10.8. The third-order valence-corrected chi connectivity index (χ3v) is 4.65. The molecular formula is C23H21FN4O3. The third kappa shape index (κ3) is 4.98. The van der Waals surface area contributed by atoms with Gasteiger partial charge in [-0.05, 0) is 49.2 Å². The number of aryl methyl sites for hydroxylation is 2. The Labute approximate surface area is 178 Å². The van der Waals surface area contributed by atoms with E-state index in [1.165, 1.54) is 17.1 Å². The van der Waals surface area contributed by atoms with Crippen molar-refractivity contribution in [1.82, 2.24) is 14.8 Å². The van der Waals surface area contributed by atoms with Crippen LogP contribution in [0.4, 0.5) is 10.3 Å². The molecule has 0 spiro atoms. The summed E-state index contributed by atoms with van der Waals surface area (Å²) in [5.74, 6) is 0.698. The zero-order valence-electron chi connectivity index (χ0n) is 17.1. The lowest BCUT2D eigenvalue weighted by atomic mass is 10.1. The van der Waals surface area contributed by atoms with Crippen LogP contribution in [0.1, 0.15) is 33.0 Å². The molecule has 0 saturated carbocycles. The number of aromatic nitrogens is 3. The van der Waals surface area contributed by atoms with E-state index in [0.717, 1.165) is 16.9 Å². The van der Waals surface area contributed by atoms with Gasteiger partial charge in [-0.25, -0.2) is 14.1 Å². The molecule has 0 aliphatic heterocycles. The van der Waals surface area contributed by atoms with Gasteiger partial charge >= 0.3 is 0 Å². The number of carbonyl (C=O) groups is 1. The molecule has 0 atom stereocenters. The lowest BCUT2D eigenvalue weighted by Crippen LogP contribution is -2.13. The number of anilines is 1. The zero-order valence-corrected chi connectivity index (χ0v) is 17.1. The van der Waals surface area contributed by atoms with Crippen molar-refractivity contribution in [2.24, 2.45) is 0 Å². The predicted molar refractivity (Wildman–Crippen MR) is 112 cm³/mol. The summed E-state index contributed by atoms with van der Waals surface area (Å²) in [7, 11) is 0. The van der Waals surface area contributed by atoms with Gasteiger partial charge in [0.1, 0.15) is 30.3 Å². The van der Waals surface area contributed by atoms with Crippen molar-refractivity contribution >= 4 is 11.9 Å². The molecule has 4 rings (SSSR count). The van der Waals surface area contributed by atoms with E-state index in [1.807, 2.05) is 32.0 Å². The van der Waals surface area contributed by atoms with Crippen molar-refractivity contribution in [3.05, 3.63) is 95.0 Å². The van der Waals surface area contributed by atoms with Crippen LogP contribution < -0.4 is 10.1 Å². The first-order valence-corrected chi connectivity index (χ1v) is 9.71. The Balaban J connectivity index is 1.35. The number of carbonyl (C=O) groups excluding carboxylic acids is 1. The summed E-state index contributed by atoms with van der Waals surface area (Å²) in [4.78, 5) is 16.5. The summed E-state index contributed by atoms with van der Waals surface area (Å²) in [6.45, 7) is 4.37. The lowest BCUT2D eigenvalue weighted by molar-refractivity contribution is 0.0991. The molecule has 0 saturated heterocycles. The highest BCUT2D eigenvalue weighted by Gasteiger charge is 2.14. The molecule has 1 N–H and O–H groups in total. The number of benzene rings is 2. The Hall–Kier alpha value is -3.94. The number of hydrogen-bond acceptors (Lipinski definition) is 5. The number of rotatable bonds is 7. The van der Waals surface area contributed by atoms with Gasteiger partial charge in [0.15, 0.2) is 5.76 Å². The van der Waals surface area contributed by atoms with Crippen molar-refractivity contribution in [3.8, 4) is 5.75 Å². The Morgan fingerprint density at radius 2 is 2.00 bits per heavy atom. The molecule has 7 nitrogen and oxygen atoms in total. The zero-order chi connectivity index (χ0) is 21.8. The van der Waals surface area contributed by atoms with Crippen molar-refractivity contribution in [3.63, 3.8) is 0 Å². The van der Waals surface area contributed by atoms with E-state index >= 15 is 0 Å². The molecule has 2 heterocycles. The maximum atomic E-state index is 13.8. The first-order chi connectivity index (χ1) is 15.0. The molecule has 0 fully saturated rings. The average Bonchev–Trinajstić information content (AvgIpc) is 3.40. The van der Waals surface area contributed by atoms with Crippen LogP contribution in [0.5, 0.6) is 5.75 Å². The van der Waals surface area contributed by atoms with Gasteiger partial charge in [0.05, 0.1) is 6.54 Å². The summed E-state index contributed by atoms with van der Waals surface area (Å²) in [5.41, 5.74) is 2.60. The molecule has 31 heavy (non-hydrogen) atoms. The molecule has 4 aromatic rings. The van der Waals surface area contributed by atoms with Gasteiger partial charge in [-0.1, -0.05) is 30.3 Å². The van der Waals surface area contributed by atoms with Gasteiger partial charge in [0, 0.05) is 5.56 Å². The fourth-order valence-corrected chi connectivity index (χ4v) is 2.98. The van der Waals surface area contributed by atoms with Gasteiger partial charge in [0.25, 0.3) is 5.91 Å². The molecule has 8 heteroatoms. The minimum atomic E-state index is -0.485. The van der Waals surface area contributed by atoms with E-state index in [-0.39, 0.29) is 30.7 Å². The second-order valence-electron chi connectivity index (χ2n) is 7.13. The van der Waals surface area contributed by atoms with Gasteiger partial charge in [-0.2, -0.15) is 0 Å². The van der Waals surface area contributed by atoms with Crippen molar-refractivity contribution in [1.29, 1.82) is 0 Å². The molecule has 0 aliphatic rings. The van der Waals surface area contributed by atoms with Crippen LogP contribution >= 0.6 is 0 Å². The molecular weight excluding hydrogens is 399 g/mol. The maximum Gasteiger partial charge on any atom is 0.293 e. The van der Waals surface area contributed by atoms with Crippen LogP contribution in [-0.4, -0.2) is 20.7 Å². The fraction of sp³-hybridized carbons (Fsp3) is 0.174. The first kappa shape index (κ1) is 20.3. The lowest BCUT2D eigenvalue weighted by Gasteiger charge is -2.08. The summed E-state index contributed by atoms with van der Waals surface area (Å²) < 4.78 is 26.6. The van der Waals surface area contributed by atoms with Crippen LogP contribution in [0.15, 0.2) is 65.3 Å². The summed E-state index contributed by atoms with van der Waals surface area (Å²) in [6.07, 6.45) is 1.42. The predicted octanol–water partition coefficient (Wildman–Crippen LogP) is 4.51. The highest BCUT2D eigenvalue weighted by molar-refractivity contribution is 6.01. The number of nitrogens with zero attached hydrogens (tertiary/aromatic N) is 3. The van der Waals surface area contributed by atoms with Crippen LogP contribution in [0.3, 0.4) is 0 Å². The van der Waals surface area contributed by atoms with Crippen molar-refractivity contribution in [2.45, 2.75) is 27.0 Å². The Morgan fingerprint density at radius 3 is 2.84 bits per heavy atom. The Kier molecular flexibility index (Phi) is 5.79. The fourth-order valence-electron chi connectivity index (χ4n) is 2.98. The molecule has 158 valence electrons. The smallest absolute Gasteiger partial charge is 0.293 e. The highest BCUT2D eigenvalue weighted by atomic mass is 19.1. The minimum Gasteiger partial charge on any atom is -0.485 e. The average molecular weight is 420 g/mol. The van der Waals surface area contributed by atoms with Gasteiger partial charge in [-0.15, -0.1) is 5.10 Å². The molecule has 0 aliphatic carbocycles. The van der Waals surface area contributed by atoms with E-state index in [0.29, 0.717) is 11.3 Å². The van der Waals surface area contributed by atoms with Crippen LogP contribution in [0, 0.1) is 19.7 Å². The number of amides is 1. The molecule has 2 aromatic carbocycles. The minimum absolute atomic E-state index is 0.103. The van der Waals surface area contributed by atoms with Crippen LogP contribution in [-0.2, 0) is 13.2 Å². The topological polar surface area (TPSA) is 82.2 Å². The summed E-state index contributed by atoms with van der Waals surface area (Å²) >= 11 is 0. The third-order valence-electron chi connectivity index (χ3n) is 4.65. The van der Waals surface area contributed by atoms with E-state index in [9.17, 15) is 9.18 Å². The van der Waals surface area contributed by atoms with Gasteiger partial charge in [-0.3, -0.25) is 10.1 Å². The number of hydrogen-bond donors (Lipinski definition) is 1. The number of furan rings is 1. The van der Waals surface area contributed by atoms with Crippen molar-refractivity contribution < 1.29 is 18.3 Å². The Morgan fingerprint density at radius 1 is 1.16 bits per heavy atom. The van der Waals surface area contributed by atoms with Gasteiger partial charge in [0.2, 0.25) is 5.95 Å². The number of nitrogens with one attached hydrogen (secondary N) is 1. The van der Waals surface area contributed by atoms with E-state index in [2.05, 4.69) is 15.4 Å². The standard InChI is InChI=1S/C23H21FN4O3/c1-15-7-8-16(2)21(11-15)30-13-18-9-10-20(31-18)22(29)26-23-25-14-28(27-23)12-17-5-3-4-6-19(17)24/h3-11,14H,12-13H2,1-2H3,(H,26,27,29). The van der Waals surface area contributed by atoms with E-state index in [1.54, 1.807) is 30.3 Å². The summed E-state index contributed by atoms with van der Waals surface area (Å²) in [5, 5.41) is 6.73. The Bertz CT molecular complexity index is 1220. The second kappa shape index (κ2) is 8.83. The maximum absolute atomic E-state index is 13.8. The monoisotopic (exact) mass is 420 g/mol. The quantitative estimate of drug-likeness (QED) is 0.476. The van der Waals surface area contributed by atoms with Crippen molar-refractivity contribution in [2.75, 3.05) is 5.32 Å². The molecule has 0 unspecified atom stereocenters. The SMILES string of the molecule is Cc1ccc(C)c(OCc2ccc(C(=O)Nc3ncn(Cc4ccccc4F)n3)o2)c1. The second-order valence-corrected chi connectivity index (χ2v) is 7.13. The first-order valence-electron chi connectivity index (χ1n) is 9.71. The van der Waals surface area contributed by atoms with Crippen LogP contribution in [0.25, 0.3) is 0 Å². The molecule has 1 amide bonds. The molecule has 0 bridgehead atoms. The molecule has 2 aromatic heterocycles. The van der Waals surface area contributed by atoms with Crippen LogP contribution in [0.2, 0.25) is 0 Å². The molecule has 0 radical (unpaired) electrons. The number of halogens is 1. The van der Waals surface area contributed by atoms with E-state index in [4.69, 9.17) is 9.15 Å². The summed E-state index contributed by atoms with van der Waals surface area (Å²) in [6, 6.07) is 15.6.